The van der Waals surface area contributed by atoms with Crippen LogP contribution in [0.25, 0.3) is 0 Å². The first-order valence-electron chi connectivity index (χ1n) is 5.89. The van der Waals surface area contributed by atoms with E-state index in [2.05, 4.69) is 12.7 Å². The summed E-state index contributed by atoms with van der Waals surface area (Å²) in [6, 6.07) is 7.12. The maximum absolute atomic E-state index is 10.4. The maximum atomic E-state index is 10.4. The third-order valence-electron chi connectivity index (χ3n) is 2.53. The first kappa shape index (κ1) is 13.5. The molecular weight excluding hydrogens is 218 g/mol. The van der Waals surface area contributed by atoms with Crippen LogP contribution < -0.4 is 15.6 Å². The molecule has 0 spiro atoms. The molecule has 0 amide bonds. The minimum atomic E-state index is -1.08. The normalized spacial score (nSPS) is 12.1. The molecule has 1 atom stereocenters. The Morgan fingerprint density at radius 3 is 2.59 bits per heavy atom. The summed E-state index contributed by atoms with van der Waals surface area (Å²) in [5.74, 6) is -0.267. The second-order valence-corrected chi connectivity index (χ2v) is 4.04. The van der Waals surface area contributed by atoms with Gasteiger partial charge in [-0.05, 0) is 30.7 Å². The van der Waals surface area contributed by atoms with Crippen molar-refractivity contribution in [2.75, 3.05) is 6.61 Å². The van der Waals surface area contributed by atoms with E-state index in [-0.39, 0.29) is 12.5 Å². The van der Waals surface area contributed by atoms with Crippen molar-refractivity contribution in [1.29, 1.82) is 0 Å². The number of ether oxygens (including phenoxy) is 1. The number of carboxylic acids is 1. The predicted octanol–water partition coefficient (Wildman–Crippen LogP) is 0.289. The third kappa shape index (κ3) is 4.87. The molecule has 1 aromatic rings. The topological polar surface area (TPSA) is 77.0 Å². The first-order valence-corrected chi connectivity index (χ1v) is 5.89. The van der Waals surface area contributed by atoms with Gasteiger partial charge in [-0.15, -0.1) is 0 Å². The maximum Gasteiger partial charge on any atom is 0.119 e. The Morgan fingerprint density at radius 2 is 2.06 bits per heavy atom. The monoisotopic (exact) mass is 237 g/mol. The number of carbonyl (C=O) groups is 1. The lowest BCUT2D eigenvalue weighted by atomic mass is 10.0. The molecule has 17 heavy (non-hydrogen) atoms. The van der Waals surface area contributed by atoms with Gasteiger partial charge in [-0.2, -0.15) is 0 Å². The average Bonchev–Trinajstić information content (AvgIpc) is 2.29. The van der Waals surface area contributed by atoms with Crippen molar-refractivity contribution in [2.45, 2.75) is 32.2 Å². The lowest BCUT2D eigenvalue weighted by Gasteiger charge is -2.10. The van der Waals surface area contributed by atoms with Crippen LogP contribution >= 0.6 is 0 Å². The van der Waals surface area contributed by atoms with Crippen molar-refractivity contribution in [2.24, 2.45) is 0 Å². The van der Waals surface area contributed by atoms with E-state index in [4.69, 9.17) is 4.74 Å². The zero-order chi connectivity index (χ0) is 12.7. The van der Waals surface area contributed by atoms with Crippen molar-refractivity contribution in [1.82, 2.24) is 0 Å². The van der Waals surface area contributed by atoms with Gasteiger partial charge in [0.2, 0.25) is 0 Å². The summed E-state index contributed by atoms with van der Waals surface area (Å²) in [6.07, 6.45) is 2.07. The van der Waals surface area contributed by atoms with Crippen LogP contribution in [-0.4, -0.2) is 12.6 Å². The van der Waals surface area contributed by atoms with E-state index in [1.54, 1.807) is 0 Å². The molecule has 0 bridgehead atoms. The zero-order valence-corrected chi connectivity index (χ0v) is 10.1. The molecule has 94 valence electrons. The summed E-state index contributed by atoms with van der Waals surface area (Å²) in [5.41, 5.74) is 4.68. The van der Waals surface area contributed by atoms with E-state index in [1.807, 2.05) is 24.3 Å². The van der Waals surface area contributed by atoms with Crippen LogP contribution in [0.2, 0.25) is 0 Å². The van der Waals surface area contributed by atoms with Gasteiger partial charge in [-0.3, -0.25) is 0 Å². The number of rotatable bonds is 7. The zero-order valence-electron chi connectivity index (χ0n) is 10.1. The molecular formula is C13H19NO3. The van der Waals surface area contributed by atoms with Crippen molar-refractivity contribution in [3.63, 3.8) is 0 Å². The summed E-state index contributed by atoms with van der Waals surface area (Å²) in [4.78, 5) is 10.4. The van der Waals surface area contributed by atoms with E-state index in [1.165, 1.54) is 0 Å². The van der Waals surface area contributed by atoms with Crippen LogP contribution in [0.3, 0.4) is 0 Å². The Hall–Kier alpha value is -1.55. The number of aliphatic carboxylic acids is 1. The van der Waals surface area contributed by atoms with Gasteiger partial charge in [0, 0.05) is 18.0 Å². The number of quaternary nitrogens is 1. The molecule has 0 aliphatic rings. The molecule has 3 N–H and O–H groups in total. The highest BCUT2D eigenvalue weighted by Crippen LogP contribution is 2.17. The largest absolute Gasteiger partial charge is 0.550 e. The van der Waals surface area contributed by atoms with Crippen LogP contribution in [0.4, 0.5) is 0 Å². The van der Waals surface area contributed by atoms with Gasteiger partial charge in [-0.25, -0.2) is 0 Å². The Kier molecular flexibility index (Phi) is 5.49. The highest BCUT2D eigenvalue weighted by molar-refractivity contribution is 5.65. The van der Waals surface area contributed by atoms with Crippen LogP contribution in [0.15, 0.2) is 24.3 Å². The number of hydrogen-bond acceptors (Lipinski definition) is 3. The molecule has 0 heterocycles. The quantitative estimate of drug-likeness (QED) is 0.692. The highest BCUT2D eigenvalue weighted by atomic mass is 16.5. The van der Waals surface area contributed by atoms with Crippen LogP contribution in [0, 0.1) is 0 Å². The van der Waals surface area contributed by atoms with Gasteiger partial charge in [0.05, 0.1) is 6.61 Å². The highest BCUT2D eigenvalue weighted by Gasteiger charge is 2.09. The molecule has 4 nitrogen and oxygen atoms in total. The summed E-state index contributed by atoms with van der Waals surface area (Å²) in [7, 11) is 0. The van der Waals surface area contributed by atoms with Crippen molar-refractivity contribution >= 4 is 5.97 Å². The Balaban J connectivity index is 2.52. The molecule has 4 heteroatoms. The fraction of sp³-hybridized carbons (Fsp3) is 0.462. The van der Waals surface area contributed by atoms with Crippen LogP contribution in [-0.2, 0) is 4.79 Å². The molecule has 0 aromatic heterocycles. The van der Waals surface area contributed by atoms with Crippen molar-refractivity contribution in [3.8, 4) is 5.75 Å². The summed E-state index contributed by atoms with van der Waals surface area (Å²) in [6.45, 7) is 2.82. The SMILES string of the molecule is CCCCOc1ccc([C@@H]([NH3+])CC(=O)[O-])cc1. The van der Waals surface area contributed by atoms with Gasteiger partial charge < -0.3 is 20.4 Å². The number of carboxylic acid groups (broad SMARTS) is 1. The molecule has 0 fully saturated rings. The van der Waals surface area contributed by atoms with E-state index in [0.29, 0.717) is 6.61 Å². The molecule has 1 aromatic carbocycles. The smallest absolute Gasteiger partial charge is 0.119 e. The van der Waals surface area contributed by atoms with Gasteiger partial charge in [0.25, 0.3) is 0 Å². The van der Waals surface area contributed by atoms with E-state index in [0.717, 1.165) is 24.2 Å². The average molecular weight is 237 g/mol. The van der Waals surface area contributed by atoms with Gasteiger partial charge in [-0.1, -0.05) is 13.3 Å². The van der Waals surface area contributed by atoms with Gasteiger partial charge in [0.15, 0.2) is 0 Å². The standard InChI is InChI=1S/C13H19NO3/c1-2-3-8-17-11-6-4-10(5-7-11)12(14)9-13(15)16/h4-7,12H,2-3,8-9,14H2,1H3,(H,15,16)/t12-/m0/s1. The second kappa shape index (κ2) is 6.91. The van der Waals surface area contributed by atoms with Gasteiger partial charge >= 0.3 is 0 Å². The Morgan fingerprint density at radius 1 is 1.41 bits per heavy atom. The number of unbranched alkanes of at least 4 members (excludes halogenated alkanes) is 1. The Bertz CT molecular complexity index is 348. The first-order chi connectivity index (χ1) is 8.13. The van der Waals surface area contributed by atoms with Crippen molar-refractivity contribution in [3.05, 3.63) is 29.8 Å². The van der Waals surface area contributed by atoms with Crippen LogP contribution in [0.5, 0.6) is 5.75 Å². The van der Waals surface area contributed by atoms with Crippen molar-refractivity contribution < 1.29 is 20.4 Å². The molecule has 0 radical (unpaired) electrons. The summed E-state index contributed by atoms with van der Waals surface area (Å²) >= 11 is 0. The second-order valence-electron chi connectivity index (χ2n) is 4.04. The van der Waals surface area contributed by atoms with E-state index in [9.17, 15) is 9.90 Å². The molecule has 0 saturated carbocycles. The fourth-order valence-corrected chi connectivity index (χ4v) is 1.49. The van der Waals surface area contributed by atoms with Gasteiger partial charge in [0.1, 0.15) is 11.8 Å². The predicted molar refractivity (Wildman–Crippen MR) is 62.1 cm³/mol. The molecule has 0 aliphatic heterocycles. The Labute approximate surface area is 101 Å². The number of hydrogen-bond donors (Lipinski definition) is 1. The fourth-order valence-electron chi connectivity index (χ4n) is 1.49. The molecule has 0 aliphatic carbocycles. The van der Waals surface area contributed by atoms with Crippen LogP contribution in [0.1, 0.15) is 37.8 Å². The molecule has 0 saturated heterocycles. The number of benzene rings is 1. The molecule has 1 rings (SSSR count). The number of carbonyl (C=O) groups excluding carboxylic acids is 1. The summed E-state index contributed by atoms with van der Waals surface area (Å²) in [5, 5.41) is 10.4. The lowest BCUT2D eigenvalue weighted by Crippen LogP contribution is -2.55. The third-order valence-corrected chi connectivity index (χ3v) is 2.53. The van der Waals surface area contributed by atoms with E-state index < -0.39 is 5.97 Å². The molecule has 0 unspecified atom stereocenters. The minimum absolute atomic E-state index is 0.0595. The summed E-state index contributed by atoms with van der Waals surface area (Å²) < 4.78 is 5.51. The van der Waals surface area contributed by atoms with E-state index >= 15 is 0 Å². The lowest BCUT2D eigenvalue weighted by molar-refractivity contribution is -0.430. The minimum Gasteiger partial charge on any atom is -0.550 e.